The summed E-state index contributed by atoms with van der Waals surface area (Å²) in [5, 5.41) is 10.9. The summed E-state index contributed by atoms with van der Waals surface area (Å²) in [6, 6.07) is 9.26. The van der Waals surface area contributed by atoms with Gasteiger partial charge in [0.2, 0.25) is 11.8 Å². The van der Waals surface area contributed by atoms with E-state index in [1.165, 1.54) is 7.05 Å². The minimum absolute atomic E-state index is 0.0460. The summed E-state index contributed by atoms with van der Waals surface area (Å²) in [7, 11) is 1.18. The molecule has 2 aromatic carbocycles. The monoisotopic (exact) mass is 686 g/mol. The molecule has 0 radical (unpaired) electrons. The summed E-state index contributed by atoms with van der Waals surface area (Å²) in [4.78, 5) is 51.9. The minimum Gasteiger partial charge on any atom is -0.508 e. The molecular formula is C28H20BrCl2F3N2O6. The number of carbonyl (C=O) groups excluding carboxylic acids is 4. The number of ether oxygens (including phenoxy) is 1. The van der Waals surface area contributed by atoms with Gasteiger partial charge < -0.3 is 9.84 Å². The number of phenols is 1. The van der Waals surface area contributed by atoms with E-state index in [2.05, 4.69) is 20.7 Å². The number of likely N-dealkylation sites (tertiary alicyclic amines) is 1. The molecule has 8 nitrogen and oxygen atoms in total. The number of phenolic OH excluding ortho intramolecular Hbond substituents is 1. The van der Waals surface area contributed by atoms with Gasteiger partial charge in [-0.15, -0.1) is 36.4 Å². The van der Waals surface area contributed by atoms with Crippen LogP contribution in [0.3, 0.4) is 0 Å². The zero-order chi connectivity index (χ0) is 30.5. The fourth-order valence-corrected chi connectivity index (χ4v) is 8.17. The summed E-state index contributed by atoms with van der Waals surface area (Å²) in [6.07, 6.45) is -3.71. The highest BCUT2D eigenvalue weighted by atomic mass is 79.9. The van der Waals surface area contributed by atoms with Crippen LogP contribution in [0.25, 0.3) is 0 Å². The third-order valence-electron chi connectivity index (χ3n) is 8.64. The molecular weight excluding hydrogens is 668 g/mol. The quantitative estimate of drug-likeness (QED) is 0.269. The third-order valence-corrected chi connectivity index (χ3v) is 10.6. The Morgan fingerprint density at radius 1 is 1.00 bits per heavy atom. The number of hydrogen-bond donors (Lipinski definition) is 1. The van der Waals surface area contributed by atoms with E-state index in [9.17, 15) is 37.5 Å². The number of halogens is 6. The van der Waals surface area contributed by atoms with Crippen LogP contribution in [-0.2, 0) is 19.2 Å². The summed E-state index contributed by atoms with van der Waals surface area (Å²) >= 11 is 17.4. The Morgan fingerprint density at radius 3 is 2.31 bits per heavy atom. The molecule has 6 rings (SSSR count). The maximum atomic E-state index is 13.9. The van der Waals surface area contributed by atoms with E-state index >= 15 is 0 Å². The summed E-state index contributed by atoms with van der Waals surface area (Å²) in [5.74, 6) is -8.20. The lowest BCUT2D eigenvalue weighted by Gasteiger charge is -2.50. The molecule has 0 spiro atoms. The Bertz CT molecular complexity index is 1600. The predicted octanol–water partition coefficient (Wildman–Crippen LogP) is 5.25. The van der Waals surface area contributed by atoms with Crippen LogP contribution in [0.2, 0.25) is 0 Å². The smallest absolute Gasteiger partial charge is 0.508 e. The van der Waals surface area contributed by atoms with E-state index in [0.717, 1.165) is 32.5 Å². The first kappa shape index (κ1) is 29.0. The fraction of sp³-hybridized carbons (Fsp3) is 0.357. The lowest BCUT2D eigenvalue weighted by atomic mass is 9.56. The SMILES string of the molecule is CN1C(=O)[C@]2(Cl)C[C@@H]3C(=CC[C@@H]4C(=O)N(c5ccc(Br)cc5)C(=O)[C@@H]43)[C@H](c3cc(OC(F)(F)F)ccc3O)[C@]2(Cl)C1=O. The molecule has 4 aliphatic rings. The van der Waals surface area contributed by atoms with Crippen LogP contribution in [0.5, 0.6) is 11.5 Å². The Kier molecular flexibility index (Phi) is 6.53. The van der Waals surface area contributed by atoms with Gasteiger partial charge in [0.1, 0.15) is 11.5 Å². The predicted molar refractivity (Wildman–Crippen MR) is 147 cm³/mol. The molecule has 0 bridgehead atoms. The maximum absolute atomic E-state index is 13.9. The van der Waals surface area contributed by atoms with Crippen molar-refractivity contribution in [2.24, 2.45) is 17.8 Å². The van der Waals surface area contributed by atoms with Gasteiger partial charge in [-0.25, -0.2) is 0 Å². The second kappa shape index (κ2) is 9.45. The number of rotatable bonds is 3. The number of carbonyl (C=O) groups is 4. The number of hydrogen-bond acceptors (Lipinski definition) is 6. The Morgan fingerprint density at radius 2 is 1.67 bits per heavy atom. The van der Waals surface area contributed by atoms with Gasteiger partial charge in [-0.1, -0.05) is 27.6 Å². The van der Waals surface area contributed by atoms with Gasteiger partial charge in [-0.05, 0) is 61.2 Å². The van der Waals surface area contributed by atoms with Gasteiger partial charge in [0, 0.05) is 23.0 Å². The van der Waals surface area contributed by atoms with Crippen molar-refractivity contribution in [3.63, 3.8) is 0 Å². The number of nitrogens with zero attached hydrogens (tertiary/aromatic N) is 2. The highest BCUT2D eigenvalue weighted by Crippen LogP contribution is 2.66. The molecule has 14 heteroatoms. The van der Waals surface area contributed by atoms with Crippen LogP contribution < -0.4 is 9.64 Å². The Labute approximate surface area is 255 Å². The second-order valence-electron chi connectivity index (χ2n) is 10.8. The first-order chi connectivity index (χ1) is 19.6. The van der Waals surface area contributed by atoms with E-state index in [4.69, 9.17) is 23.2 Å². The number of imide groups is 2. The zero-order valence-electron chi connectivity index (χ0n) is 21.5. The number of anilines is 1. The van der Waals surface area contributed by atoms with E-state index in [0.29, 0.717) is 11.3 Å². The molecule has 0 unspecified atom stereocenters. The number of alkyl halides is 5. The van der Waals surface area contributed by atoms with Gasteiger partial charge in [0.15, 0.2) is 9.75 Å². The third kappa shape index (κ3) is 3.94. The summed E-state index contributed by atoms with van der Waals surface area (Å²) in [5.41, 5.74) is 0.409. The first-order valence-electron chi connectivity index (χ1n) is 12.7. The van der Waals surface area contributed by atoms with E-state index < -0.39 is 74.9 Å². The van der Waals surface area contributed by atoms with Crippen LogP contribution in [0.1, 0.15) is 24.3 Å². The van der Waals surface area contributed by atoms with Crippen molar-refractivity contribution >= 4 is 68.4 Å². The summed E-state index contributed by atoms with van der Waals surface area (Å²) < 4.78 is 44.1. The van der Waals surface area contributed by atoms with E-state index in [-0.39, 0.29) is 18.4 Å². The number of aromatic hydroxyl groups is 1. The van der Waals surface area contributed by atoms with Gasteiger partial charge in [-0.3, -0.25) is 29.0 Å². The molecule has 2 aliphatic carbocycles. The van der Waals surface area contributed by atoms with Crippen molar-refractivity contribution in [2.45, 2.75) is 34.9 Å². The largest absolute Gasteiger partial charge is 0.573 e. The number of allylic oxidation sites excluding steroid dienone is 2. The van der Waals surface area contributed by atoms with Gasteiger partial charge in [-0.2, -0.15) is 0 Å². The van der Waals surface area contributed by atoms with Crippen LogP contribution in [0.15, 0.2) is 58.6 Å². The molecule has 3 fully saturated rings. The van der Waals surface area contributed by atoms with Crippen molar-refractivity contribution in [3.05, 3.63) is 64.1 Å². The summed E-state index contributed by atoms with van der Waals surface area (Å²) in [6.45, 7) is 0. The standard InChI is InChI=1S/C28H20BrCl2F3N2O6/c1-35-24(40)26(30)11-18-15(7-8-16-20(18)23(39)36(22(16)38)13-4-2-12(29)3-5-13)21(27(26,31)25(35)41)17-10-14(6-9-19(17)37)42-28(32,33)34/h2-7,9-10,16,18,20-21,37H,8,11H2,1H3/t16-,18+,20-,21+,26+,27-/m0/s1. The minimum atomic E-state index is -5.07. The lowest BCUT2D eigenvalue weighted by molar-refractivity contribution is -0.274. The average molecular weight is 688 g/mol. The molecule has 6 atom stereocenters. The molecule has 42 heavy (non-hydrogen) atoms. The second-order valence-corrected chi connectivity index (χ2v) is 12.9. The molecule has 1 saturated carbocycles. The van der Waals surface area contributed by atoms with Crippen LogP contribution >= 0.6 is 39.1 Å². The van der Waals surface area contributed by atoms with Crippen molar-refractivity contribution in [2.75, 3.05) is 11.9 Å². The van der Waals surface area contributed by atoms with E-state index in [1.807, 2.05) is 0 Å². The fourth-order valence-electron chi connectivity index (χ4n) is 6.90. The van der Waals surface area contributed by atoms with Gasteiger partial charge in [0.05, 0.1) is 17.5 Å². The first-order valence-corrected chi connectivity index (χ1v) is 14.3. The molecule has 220 valence electrons. The van der Waals surface area contributed by atoms with Crippen LogP contribution in [-0.4, -0.2) is 56.8 Å². The molecule has 4 amide bonds. The van der Waals surface area contributed by atoms with E-state index in [1.54, 1.807) is 30.3 Å². The normalized spacial score (nSPS) is 32.5. The van der Waals surface area contributed by atoms with Crippen molar-refractivity contribution in [3.8, 4) is 11.5 Å². The maximum Gasteiger partial charge on any atom is 0.573 e. The Balaban J connectivity index is 1.52. The molecule has 0 aromatic heterocycles. The molecule has 2 saturated heterocycles. The Hall–Kier alpha value is -3.09. The molecule has 2 aliphatic heterocycles. The molecule has 2 heterocycles. The number of fused-ring (bicyclic) bond motifs is 4. The highest BCUT2D eigenvalue weighted by molar-refractivity contribution is 9.10. The van der Waals surface area contributed by atoms with Crippen molar-refractivity contribution in [1.29, 1.82) is 0 Å². The average Bonchev–Trinajstić information content (AvgIpc) is 3.25. The molecule has 1 N–H and O–H groups in total. The van der Waals surface area contributed by atoms with Crippen LogP contribution in [0, 0.1) is 17.8 Å². The van der Waals surface area contributed by atoms with Crippen LogP contribution in [0.4, 0.5) is 18.9 Å². The highest BCUT2D eigenvalue weighted by Gasteiger charge is 2.76. The lowest BCUT2D eigenvalue weighted by Crippen LogP contribution is -2.60. The van der Waals surface area contributed by atoms with Gasteiger partial charge >= 0.3 is 6.36 Å². The number of amides is 4. The number of benzene rings is 2. The topological polar surface area (TPSA) is 104 Å². The molecule has 2 aromatic rings. The van der Waals surface area contributed by atoms with Gasteiger partial charge in [0.25, 0.3) is 11.8 Å². The zero-order valence-corrected chi connectivity index (χ0v) is 24.6. The van der Waals surface area contributed by atoms with Crippen molar-refractivity contribution < 1.29 is 42.2 Å². The van der Waals surface area contributed by atoms with Crippen molar-refractivity contribution in [1.82, 2.24) is 4.90 Å².